The van der Waals surface area contributed by atoms with Gasteiger partial charge in [-0.15, -0.1) is 0 Å². The molecule has 0 amide bonds. The van der Waals surface area contributed by atoms with Gasteiger partial charge >= 0.3 is 18.0 Å². The number of rotatable bonds is 8. The first-order valence-electron chi connectivity index (χ1n) is 5.81. The van der Waals surface area contributed by atoms with E-state index in [1.165, 1.54) is 0 Å². The number of anilines is 1. The summed E-state index contributed by atoms with van der Waals surface area (Å²) in [7, 11) is 0. The lowest BCUT2D eigenvalue weighted by Crippen LogP contribution is -2.34. The van der Waals surface area contributed by atoms with Gasteiger partial charge in [0.1, 0.15) is 6.33 Å². The number of ether oxygens (including phenoxy) is 1. The highest BCUT2D eigenvalue weighted by molar-refractivity contribution is 5.61. The van der Waals surface area contributed by atoms with Crippen molar-refractivity contribution >= 4 is 11.5 Å². The molecule has 1 aromatic heterocycles. The van der Waals surface area contributed by atoms with E-state index >= 15 is 0 Å². The number of nitrogens with zero attached hydrogens (tertiary/aromatic N) is 3. The second kappa shape index (κ2) is 6.99. The van der Waals surface area contributed by atoms with Gasteiger partial charge in [0.2, 0.25) is 5.82 Å². The van der Waals surface area contributed by atoms with Gasteiger partial charge in [0.25, 0.3) is 5.88 Å². The Balaban J connectivity index is 2.98. The van der Waals surface area contributed by atoms with E-state index in [4.69, 9.17) is 0 Å². The molecular formula is C10H12F4N4O3. The van der Waals surface area contributed by atoms with Crippen LogP contribution < -0.4 is 10.1 Å². The smallest absolute Gasteiger partial charge is 0.372 e. The van der Waals surface area contributed by atoms with Gasteiger partial charge in [-0.1, -0.05) is 6.92 Å². The van der Waals surface area contributed by atoms with Crippen molar-refractivity contribution in [1.29, 1.82) is 0 Å². The molecule has 0 radical (unpaired) electrons. The zero-order valence-electron chi connectivity index (χ0n) is 10.9. The van der Waals surface area contributed by atoms with Crippen molar-refractivity contribution < 1.29 is 27.2 Å². The number of hydrogen-bond donors (Lipinski definition) is 1. The molecule has 0 aliphatic heterocycles. The monoisotopic (exact) mass is 312 g/mol. The molecule has 0 aliphatic rings. The number of aromatic nitrogens is 2. The lowest BCUT2D eigenvalue weighted by molar-refractivity contribution is -0.385. The van der Waals surface area contributed by atoms with Crippen LogP contribution in [0.1, 0.15) is 13.3 Å². The number of nitro groups is 1. The van der Waals surface area contributed by atoms with Crippen LogP contribution in [0, 0.1) is 10.1 Å². The van der Waals surface area contributed by atoms with Crippen LogP contribution in [-0.4, -0.2) is 40.4 Å². The molecule has 0 aromatic carbocycles. The maximum Gasteiger partial charge on any atom is 0.372 e. The van der Waals surface area contributed by atoms with Crippen LogP contribution in [0.15, 0.2) is 6.33 Å². The Morgan fingerprint density at radius 3 is 2.67 bits per heavy atom. The molecule has 0 aliphatic carbocycles. The fourth-order valence-electron chi connectivity index (χ4n) is 1.23. The largest absolute Gasteiger partial charge is 0.466 e. The SMILES string of the molecule is CCCNc1ncnc(OCC(F)(F)C(F)F)c1[N+](=O)[O-]. The van der Waals surface area contributed by atoms with Crippen LogP contribution in [0.25, 0.3) is 0 Å². The standard InChI is InChI=1S/C10H12F4N4O3/c1-2-3-15-7-6(18(19)20)8(17-5-16-7)21-4-10(13,14)9(11)12/h5,9H,2-4H2,1H3,(H,15,16,17). The van der Waals surface area contributed by atoms with Gasteiger partial charge in [-0.05, 0) is 6.42 Å². The van der Waals surface area contributed by atoms with E-state index in [0.29, 0.717) is 13.0 Å². The number of alkyl halides is 4. The average molecular weight is 312 g/mol. The van der Waals surface area contributed by atoms with Crippen molar-refractivity contribution in [2.75, 3.05) is 18.5 Å². The third-order valence-electron chi connectivity index (χ3n) is 2.23. The van der Waals surface area contributed by atoms with Crippen molar-refractivity contribution in [3.05, 3.63) is 16.4 Å². The molecule has 0 bridgehead atoms. The van der Waals surface area contributed by atoms with Crippen LogP contribution in [0.2, 0.25) is 0 Å². The van der Waals surface area contributed by atoms with Crippen LogP contribution in [0.5, 0.6) is 5.88 Å². The first kappa shape index (κ1) is 16.9. The van der Waals surface area contributed by atoms with Crippen LogP contribution in [0.3, 0.4) is 0 Å². The highest BCUT2D eigenvalue weighted by Gasteiger charge is 2.42. The van der Waals surface area contributed by atoms with Crippen molar-refractivity contribution in [2.45, 2.75) is 25.7 Å². The lowest BCUT2D eigenvalue weighted by atomic mass is 10.4. The molecule has 7 nitrogen and oxygen atoms in total. The maximum atomic E-state index is 12.8. The fraction of sp³-hybridized carbons (Fsp3) is 0.600. The molecule has 1 heterocycles. The van der Waals surface area contributed by atoms with Gasteiger partial charge in [0.05, 0.1) is 4.92 Å². The van der Waals surface area contributed by atoms with E-state index < -0.39 is 35.4 Å². The molecular weight excluding hydrogens is 300 g/mol. The molecule has 21 heavy (non-hydrogen) atoms. The molecule has 11 heteroatoms. The summed E-state index contributed by atoms with van der Waals surface area (Å²) < 4.78 is 53.9. The summed E-state index contributed by atoms with van der Waals surface area (Å²) in [5, 5.41) is 13.5. The summed E-state index contributed by atoms with van der Waals surface area (Å²) in [6.07, 6.45) is -2.47. The molecule has 1 rings (SSSR count). The summed E-state index contributed by atoms with van der Waals surface area (Å²) in [4.78, 5) is 16.9. The molecule has 0 fully saturated rings. The van der Waals surface area contributed by atoms with Gasteiger partial charge in [-0.2, -0.15) is 13.8 Å². The van der Waals surface area contributed by atoms with Crippen molar-refractivity contribution in [3.63, 3.8) is 0 Å². The number of halogens is 4. The summed E-state index contributed by atoms with van der Waals surface area (Å²) in [5.41, 5.74) is -0.781. The van der Waals surface area contributed by atoms with E-state index in [1.807, 2.05) is 0 Å². The van der Waals surface area contributed by atoms with E-state index in [0.717, 1.165) is 6.33 Å². The first-order valence-corrected chi connectivity index (χ1v) is 5.81. The number of hydrogen-bond acceptors (Lipinski definition) is 6. The minimum atomic E-state index is -4.43. The molecule has 0 atom stereocenters. The molecule has 0 unspecified atom stereocenters. The molecule has 0 saturated carbocycles. The quantitative estimate of drug-likeness (QED) is 0.450. The third kappa shape index (κ3) is 4.39. The highest BCUT2D eigenvalue weighted by atomic mass is 19.3. The van der Waals surface area contributed by atoms with Gasteiger partial charge in [0.15, 0.2) is 6.61 Å². The predicted molar refractivity (Wildman–Crippen MR) is 63.9 cm³/mol. The topological polar surface area (TPSA) is 90.2 Å². The van der Waals surface area contributed by atoms with Gasteiger partial charge < -0.3 is 10.1 Å². The minimum Gasteiger partial charge on any atom is -0.466 e. The molecule has 1 N–H and O–H groups in total. The Hall–Kier alpha value is -2.20. The van der Waals surface area contributed by atoms with Gasteiger partial charge in [-0.3, -0.25) is 10.1 Å². The lowest BCUT2D eigenvalue weighted by Gasteiger charge is -2.15. The zero-order chi connectivity index (χ0) is 16.0. The fourth-order valence-corrected chi connectivity index (χ4v) is 1.23. The van der Waals surface area contributed by atoms with Gasteiger partial charge in [0, 0.05) is 6.54 Å². The Kier molecular flexibility index (Phi) is 5.61. The van der Waals surface area contributed by atoms with Gasteiger partial charge in [-0.25, -0.2) is 13.8 Å². The van der Waals surface area contributed by atoms with Crippen molar-refractivity contribution in [1.82, 2.24) is 9.97 Å². The summed E-state index contributed by atoms with van der Waals surface area (Å²) >= 11 is 0. The summed E-state index contributed by atoms with van der Waals surface area (Å²) in [6, 6.07) is 0. The Bertz CT molecular complexity index is 501. The van der Waals surface area contributed by atoms with Crippen molar-refractivity contribution in [2.24, 2.45) is 0 Å². The zero-order valence-corrected chi connectivity index (χ0v) is 10.9. The second-order valence-corrected chi connectivity index (χ2v) is 3.91. The van der Waals surface area contributed by atoms with Crippen molar-refractivity contribution in [3.8, 4) is 5.88 Å². The Labute approximate surface area is 116 Å². The molecule has 0 saturated heterocycles. The molecule has 118 valence electrons. The van der Waals surface area contributed by atoms with Crippen LogP contribution in [0.4, 0.5) is 29.1 Å². The molecule has 0 spiro atoms. The predicted octanol–water partition coefficient (Wildman–Crippen LogP) is 2.49. The van der Waals surface area contributed by atoms with E-state index in [-0.39, 0.29) is 5.82 Å². The molecule has 1 aromatic rings. The first-order chi connectivity index (χ1) is 9.79. The van der Waals surface area contributed by atoms with Crippen LogP contribution in [-0.2, 0) is 0 Å². The Morgan fingerprint density at radius 1 is 1.48 bits per heavy atom. The normalized spacial score (nSPS) is 11.5. The average Bonchev–Trinajstić information content (AvgIpc) is 2.42. The van der Waals surface area contributed by atoms with E-state index in [9.17, 15) is 27.7 Å². The second-order valence-electron chi connectivity index (χ2n) is 3.91. The third-order valence-corrected chi connectivity index (χ3v) is 2.23. The highest BCUT2D eigenvalue weighted by Crippen LogP contribution is 2.32. The minimum absolute atomic E-state index is 0.229. The Morgan fingerprint density at radius 2 is 2.14 bits per heavy atom. The maximum absolute atomic E-state index is 12.8. The van der Waals surface area contributed by atoms with E-state index in [1.54, 1.807) is 6.92 Å². The van der Waals surface area contributed by atoms with Crippen LogP contribution >= 0.6 is 0 Å². The summed E-state index contributed by atoms with van der Waals surface area (Å²) in [6.45, 7) is 0.404. The summed E-state index contributed by atoms with van der Waals surface area (Å²) in [5.74, 6) is -5.46. The number of nitrogens with one attached hydrogen (secondary N) is 1. The van der Waals surface area contributed by atoms with E-state index in [2.05, 4.69) is 20.0 Å².